The summed E-state index contributed by atoms with van der Waals surface area (Å²) in [7, 11) is 0. The lowest BCUT2D eigenvalue weighted by molar-refractivity contribution is -0.142. The van der Waals surface area contributed by atoms with Crippen molar-refractivity contribution >= 4 is 11.9 Å². The summed E-state index contributed by atoms with van der Waals surface area (Å²) in [5.41, 5.74) is 0.207. The van der Waals surface area contributed by atoms with Crippen molar-refractivity contribution in [2.45, 2.75) is 84.5 Å². The summed E-state index contributed by atoms with van der Waals surface area (Å²) in [6.45, 7) is 4.02. The normalized spacial score (nSPS) is 11.9. The third kappa shape index (κ3) is 8.71. The highest BCUT2D eigenvalue weighted by Crippen LogP contribution is 2.24. The number of aryl methyl sites for hydroxylation is 2. The summed E-state index contributed by atoms with van der Waals surface area (Å²) in [4.78, 5) is 23.6. The highest BCUT2D eigenvalue weighted by Gasteiger charge is 2.22. The van der Waals surface area contributed by atoms with Gasteiger partial charge in [0.2, 0.25) is 0 Å². The van der Waals surface area contributed by atoms with E-state index in [1.165, 1.54) is 24.6 Å². The van der Waals surface area contributed by atoms with E-state index in [1.807, 2.05) is 6.92 Å². The fourth-order valence-electron chi connectivity index (χ4n) is 4.09. The number of unbranched alkanes of at least 4 members (excludes halogenated alkanes) is 4. The van der Waals surface area contributed by atoms with Crippen LogP contribution in [0.1, 0.15) is 93.1 Å². The lowest BCUT2D eigenvalue weighted by Gasteiger charge is -2.12. The van der Waals surface area contributed by atoms with Crippen molar-refractivity contribution < 1.29 is 32.6 Å². The number of carbonyl (C=O) groups is 2. The lowest BCUT2D eigenvalue weighted by Crippen LogP contribution is -2.15. The Labute approximate surface area is 205 Å². The molecule has 0 saturated heterocycles. The Morgan fingerprint density at radius 2 is 1.60 bits per heavy atom. The van der Waals surface area contributed by atoms with Gasteiger partial charge >= 0.3 is 11.9 Å². The molecule has 0 aliphatic heterocycles. The highest BCUT2D eigenvalue weighted by atomic mass is 19.2. The SMILES string of the molecule is CCCCCCCc1ccc(OC(=O)c2ccc(CCCC(CCC)C(=O)O)c(F)c2F)c(F)c1. The molecule has 2 rings (SSSR count). The summed E-state index contributed by atoms with van der Waals surface area (Å²) in [5.74, 6) is -6.23. The summed E-state index contributed by atoms with van der Waals surface area (Å²) >= 11 is 0. The van der Waals surface area contributed by atoms with Crippen LogP contribution in [0.5, 0.6) is 5.75 Å². The fraction of sp³-hybridized carbons (Fsp3) is 0.500. The molecule has 0 amide bonds. The number of rotatable bonds is 15. The molecule has 0 aromatic heterocycles. The van der Waals surface area contributed by atoms with Gasteiger partial charge in [-0.1, -0.05) is 58.1 Å². The third-order valence-electron chi connectivity index (χ3n) is 6.14. The molecular weight excluding hydrogens is 457 g/mol. The average Bonchev–Trinajstić information content (AvgIpc) is 2.82. The first-order valence-corrected chi connectivity index (χ1v) is 12.5. The van der Waals surface area contributed by atoms with E-state index in [9.17, 15) is 27.9 Å². The molecule has 192 valence electrons. The molecule has 0 radical (unpaired) electrons. The molecule has 0 saturated carbocycles. The first kappa shape index (κ1) is 28.4. The van der Waals surface area contributed by atoms with Crippen molar-refractivity contribution in [1.82, 2.24) is 0 Å². The van der Waals surface area contributed by atoms with Crippen molar-refractivity contribution in [3.05, 3.63) is 64.5 Å². The van der Waals surface area contributed by atoms with Crippen molar-refractivity contribution in [2.75, 3.05) is 0 Å². The molecule has 0 spiro atoms. The van der Waals surface area contributed by atoms with Gasteiger partial charge in [0.1, 0.15) is 0 Å². The van der Waals surface area contributed by atoms with E-state index in [1.54, 1.807) is 6.07 Å². The maximum atomic E-state index is 14.6. The summed E-state index contributed by atoms with van der Waals surface area (Å²) in [6, 6.07) is 6.67. The maximum Gasteiger partial charge on any atom is 0.346 e. The number of hydrogen-bond acceptors (Lipinski definition) is 3. The van der Waals surface area contributed by atoms with Crippen molar-refractivity contribution in [3.63, 3.8) is 0 Å². The molecule has 0 aliphatic rings. The molecule has 0 aliphatic carbocycles. The first-order chi connectivity index (χ1) is 16.8. The molecule has 1 atom stereocenters. The Balaban J connectivity index is 1.98. The standard InChI is InChI=1S/C28H35F3O4/c1-3-5-6-7-8-11-19-14-17-24(23(29)18-19)35-28(34)22-16-15-20(25(30)26(22)31)12-9-13-21(10-4-2)27(32)33/h14-18,21H,3-13H2,1-2H3,(H,32,33). The summed E-state index contributed by atoms with van der Waals surface area (Å²) in [6.07, 6.45) is 8.26. The number of halogens is 3. The van der Waals surface area contributed by atoms with E-state index in [2.05, 4.69) is 6.92 Å². The number of carboxylic acids is 1. The molecule has 7 heteroatoms. The number of ether oxygens (including phenoxy) is 1. The van der Waals surface area contributed by atoms with Gasteiger partial charge in [-0.2, -0.15) is 0 Å². The first-order valence-electron chi connectivity index (χ1n) is 12.5. The second-order valence-electron chi connectivity index (χ2n) is 8.93. The van der Waals surface area contributed by atoms with Gasteiger partial charge in [0.25, 0.3) is 0 Å². The molecule has 4 nitrogen and oxygen atoms in total. The largest absolute Gasteiger partial charge is 0.481 e. The van der Waals surface area contributed by atoms with Gasteiger partial charge in [-0.05, 0) is 67.9 Å². The molecule has 35 heavy (non-hydrogen) atoms. The summed E-state index contributed by atoms with van der Waals surface area (Å²) in [5, 5.41) is 9.21. The van der Waals surface area contributed by atoms with Crippen LogP contribution in [0.3, 0.4) is 0 Å². The molecule has 0 fully saturated rings. The van der Waals surface area contributed by atoms with Crippen LogP contribution >= 0.6 is 0 Å². The number of carboxylic acid groups (broad SMARTS) is 1. The number of benzene rings is 2. The smallest absolute Gasteiger partial charge is 0.346 e. The minimum atomic E-state index is -1.36. The van der Waals surface area contributed by atoms with Gasteiger partial charge in [-0.3, -0.25) is 4.79 Å². The molecular formula is C28H35F3O4. The zero-order valence-corrected chi connectivity index (χ0v) is 20.5. The fourth-order valence-corrected chi connectivity index (χ4v) is 4.09. The van der Waals surface area contributed by atoms with E-state index >= 15 is 0 Å². The highest BCUT2D eigenvalue weighted by molar-refractivity contribution is 5.91. The van der Waals surface area contributed by atoms with Crippen molar-refractivity contribution in [1.29, 1.82) is 0 Å². The van der Waals surface area contributed by atoms with Crippen molar-refractivity contribution in [2.24, 2.45) is 5.92 Å². The Morgan fingerprint density at radius 1 is 0.857 bits per heavy atom. The van der Waals surface area contributed by atoms with Crippen LogP contribution in [-0.2, 0) is 17.6 Å². The van der Waals surface area contributed by atoms with Crippen molar-refractivity contribution in [3.8, 4) is 5.75 Å². The quantitative estimate of drug-likeness (QED) is 0.157. The number of aliphatic carboxylic acids is 1. The molecule has 0 bridgehead atoms. The van der Waals surface area contributed by atoms with Gasteiger partial charge in [0, 0.05) is 0 Å². The van der Waals surface area contributed by atoms with Crippen LogP contribution in [0.2, 0.25) is 0 Å². The van der Waals surface area contributed by atoms with E-state index in [4.69, 9.17) is 4.74 Å². The molecule has 1 unspecified atom stereocenters. The van der Waals surface area contributed by atoms with E-state index in [-0.39, 0.29) is 17.7 Å². The predicted molar refractivity (Wildman–Crippen MR) is 129 cm³/mol. The zero-order chi connectivity index (χ0) is 25.8. The average molecular weight is 493 g/mol. The monoisotopic (exact) mass is 492 g/mol. The van der Waals surface area contributed by atoms with Crippen LogP contribution in [0.25, 0.3) is 0 Å². The van der Waals surface area contributed by atoms with Gasteiger partial charge in [-0.15, -0.1) is 0 Å². The minimum absolute atomic E-state index is 0.0501. The molecule has 0 heterocycles. The zero-order valence-electron chi connectivity index (χ0n) is 20.5. The van der Waals surface area contributed by atoms with Crippen LogP contribution in [-0.4, -0.2) is 17.0 Å². The molecule has 2 aromatic rings. The number of esters is 1. The Hall–Kier alpha value is -2.83. The van der Waals surface area contributed by atoms with Crippen LogP contribution < -0.4 is 4.74 Å². The Morgan fingerprint density at radius 3 is 2.26 bits per heavy atom. The Kier molecular flexibility index (Phi) is 11.8. The van der Waals surface area contributed by atoms with E-state index in [0.29, 0.717) is 25.7 Å². The second kappa shape index (κ2) is 14.5. The number of hydrogen-bond donors (Lipinski definition) is 1. The van der Waals surface area contributed by atoms with Crippen LogP contribution in [0.4, 0.5) is 13.2 Å². The minimum Gasteiger partial charge on any atom is -0.481 e. The Bertz CT molecular complexity index is 990. The second-order valence-corrected chi connectivity index (χ2v) is 8.93. The number of carbonyl (C=O) groups excluding carboxylic acids is 1. The van der Waals surface area contributed by atoms with Gasteiger partial charge in [0.05, 0.1) is 11.5 Å². The third-order valence-corrected chi connectivity index (χ3v) is 6.14. The molecule has 2 aromatic carbocycles. The molecule has 1 N–H and O–H groups in total. The van der Waals surface area contributed by atoms with Gasteiger partial charge < -0.3 is 9.84 Å². The van der Waals surface area contributed by atoms with Gasteiger partial charge in [-0.25, -0.2) is 18.0 Å². The van der Waals surface area contributed by atoms with Gasteiger partial charge in [0.15, 0.2) is 23.2 Å². The van der Waals surface area contributed by atoms with Crippen LogP contribution in [0, 0.1) is 23.4 Å². The topological polar surface area (TPSA) is 63.6 Å². The summed E-state index contributed by atoms with van der Waals surface area (Å²) < 4.78 is 48.6. The van der Waals surface area contributed by atoms with E-state index in [0.717, 1.165) is 43.7 Å². The van der Waals surface area contributed by atoms with Crippen LogP contribution in [0.15, 0.2) is 30.3 Å². The predicted octanol–water partition coefficient (Wildman–Crippen LogP) is 7.66. The maximum absolute atomic E-state index is 14.6. The van der Waals surface area contributed by atoms with E-state index < -0.39 is 40.9 Å². The lowest BCUT2D eigenvalue weighted by atomic mass is 9.95.